The van der Waals surface area contributed by atoms with Crippen LogP contribution in [0.1, 0.15) is 30.9 Å². The molecular formula is C12H16ClNO. The summed E-state index contributed by atoms with van der Waals surface area (Å²) in [5, 5.41) is 13.9. The highest BCUT2D eigenvalue weighted by atomic mass is 35.5. The maximum absolute atomic E-state index is 9.87. The smallest absolute Gasteiger partial charge is 0.0914 e. The fourth-order valence-electron chi connectivity index (χ4n) is 1.69. The third kappa shape index (κ3) is 2.94. The molecule has 2 N–H and O–H groups in total. The van der Waals surface area contributed by atoms with Crippen LogP contribution >= 0.6 is 11.6 Å². The Morgan fingerprint density at radius 3 is 2.53 bits per heavy atom. The second kappa shape index (κ2) is 4.97. The van der Waals surface area contributed by atoms with Crippen molar-refractivity contribution in [1.29, 1.82) is 0 Å². The molecule has 0 heterocycles. The van der Waals surface area contributed by atoms with E-state index in [0.29, 0.717) is 17.6 Å². The molecule has 2 rings (SSSR count). The van der Waals surface area contributed by atoms with Crippen molar-refractivity contribution in [3.05, 3.63) is 34.9 Å². The van der Waals surface area contributed by atoms with Gasteiger partial charge in [-0.1, -0.05) is 30.2 Å². The highest BCUT2D eigenvalue weighted by molar-refractivity contribution is 6.30. The normalized spacial score (nSPS) is 18.5. The quantitative estimate of drug-likeness (QED) is 0.826. The van der Waals surface area contributed by atoms with Crippen LogP contribution in [0.2, 0.25) is 5.02 Å². The van der Waals surface area contributed by atoms with Gasteiger partial charge in [0.25, 0.3) is 0 Å². The first-order valence-electron chi connectivity index (χ1n) is 5.42. The Labute approximate surface area is 95.3 Å². The summed E-state index contributed by atoms with van der Waals surface area (Å²) in [6, 6.07) is 7.98. The molecule has 0 aromatic heterocycles. The molecule has 0 amide bonds. The number of aliphatic hydroxyl groups is 1. The summed E-state index contributed by atoms with van der Waals surface area (Å²) in [5.74, 6) is 0. The minimum Gasteiger partial charge on any atom is -0.387 e. The van der Waals surface area contributed by atoms with E-state index in [1.165, 1.54) is 19.3 Å². The third-order valence-corrected chi connectivity index (χ3v) is 3.21. The molecule has 15 heavy (non-hydrogen) atoms. The van der Waals surface area contributed by atoms with E-state index in [1.54, 1.807) is 0 Å². The van der Waals surface area contributed by atoms with Crippen LogP contribution in [0.3, 0.4) is 0 Å². The number of aliphatic hydroxyl groups excluding tert-OH is 1. The van der Waals surface area contributed by atoms with E-state index in [-0.39, 0.29) is 0 Å². The van der Waals surface area contributed by atoms with Crippen molar-refractivity contribution >= 4 is 11.6 Å². The van der Waals surface area contributed by atoms with Crippen LogP contribution in [0.4, 0.5) is 0 Å². The predicted molar refractivity (Wildman–Crippen MR) is 62.1 cm³/mol. The van der Waals surface area contributed by atoms with E-state index >= 15 is 0 Å². The van der Waals surface area contributed by atoms with Gasteiger partial charge in [-0.25, -0.2) is 0 Å². The van der Waals surface area contributed by atoms with Crippen LogP contribution in [0.25, 0.3) is 0 Å². The van der Waals surface area contributed by atoms with Gasteiger partial charge >= 0.3 is 0 Å². The molecule has 0 saturated heterocycles. The SMILES string of the molecule is OC(CNC1CCC1)c1ccc(Cl)cc1. The summed E-state index contributed by atoms with van der Waals surface area (Å²) < 4.78 is 0. The summed E-state index contributed by atoms with van der Waals surface area (Å²) in [4.78, 5) is 0. The molecule has 1 fully saturated rings. The molecule has 0 aliphatic heterocycles. The van der Waals surface area contributed by atoms with Gasteiger partial charge in [-0.05, 0) is 30.5 Å². The van der Waals surface area contributed by atoms with Crippen molar-refractivity contribution in [2.75, 3.05) is 6.54 Å². The van der Waals surface area contributed by atoms with Gasteiger partial charge in [-0.2, -0.15) is 0 Å². The highest BCUT2D eigenvalue weighted by Crippen LogP contribution is 2.20. The molecule has 1 atom stereocenters. The third-order valence-electron chi connectivity index (χ3n) is 2.96. The summed E-state index contributed by atoms with van der Waals surface area (Å²) in [6.07, 6.45) is 3.37. The molecule has 1 unspecified atom stereocenters. The van der Waals surface area contributed by atoms with Gasteiger partial charge in [-0.15, -0.1) is 0 Å². The molecule has 1 aliphatic rings. The lowest BCUT2D eigenvalue weighted by molar-refractivity contribution is 0.161. The van der Waals surface area contributed by atoms with E-state index in [1.807, 2.05) is 24.3 Å². The first kappa shape index (κ1) is 10.9. The minimum atomic E-state index is -0.428. The Kier molecular flexibility index (Phi) is 3.62. The molecule has 3 heteroatoms. The van der Waals surface area contributed by atoms with Crippen molar-refractivity contribution < 1.29 is 5.11 Å². The summed E-state index contributed by atoms with van der Waals surface area (Å²) in [7, 11) is 0. The minimum absolute atomic E-state index is 0.428. The van der Waals surface area contributed by atoms with Gasteiger partial charge in [0.05, 0.1) is 6.10 Å². The zero-order valence-corrected chi connectivity index (χ0v) is 9.37. The summed E-state index contributed by atoms with van der Waals surface area (Å²) >= 11 is 5.78. The number of halogens is 1. The monoisotopic (exact) mass is 225 g/mol. The van der Waals surface area contributed by atoms with Crippen LogP contribution < -0.4 is 5.32 Å². The van der Waals surface area contributed by atoms with Gasteiger partial charge in [0, 0.05) is 17.6 Å². The number of hydrogen-bond acceptors (Lipinski definition) is 2. The highest BCUT2D eigenvalue weighted by Gasteiger charge is 2.18. The molecule has 2 nitrogen and oxygen atoms in total. The molecule has 0 bridgehead atoms. The van der Waals surface area contributed by atoms with Crippen molar-refractivity contribution in [2.24, 2.45) is 0 Å². The van der Waals surface area contributed by atoms with Crippen LogP contribution in [-0.4, -0.2) is 17.7 Å². The van der Waals surface area contributed by atoms with E-state index in [2.05, 4.69) is 5.32 Å². The van der Waals surface area contributed by atoms with E-state index in [4.69, 9.17) is 11.6 Å². The summed E-state index contributed by atoms with van der Waals surface area (Å²) in [5.41, 5.74) is 0.922. The van der Waals surface area contributed by atoms with Crippen LogP contribution in [0.15, 0.2) is 24.3 Å². The Morgan fingerprint density at radius 1 is 1.33 bits per heavy atom. The van der Waals surface area contributed by atoms with Crippen LogP contribution in [0, 0.1) is 0 Å². The lowest BCUT2D eigenvalue weighted by Crippen LogP contribution is -2.37. The number of nitrogens with one attached hydrogen (secondary N) is 1. The maximum atomic E-state index is 9.87. The van der Waals surface area contributed by atoms with Gasteiger partial charge in [-0.3, -0.25) is 0 Å². The number of hydrogen-bond donors (Lipinski definition) is 2. The molecule has 1 aliphatic carbocycles. The molecule has 0 spiro atoms. The van der Waals surface area contributed by atoms with Crippen molar-refractivity contribution in [3.8, 4) is 0 Å². The number of rotatable bonds is 4. The van der Waals surface area contributed by atoms with Crippen LogP contribution in [0.5, 0.6) is 0 Å². The molecule has 82 valence electrons. The fourth-order valence-corrected chi connectivity index (χ4v) is 1.82. The first-order chi connectivity index (χ1) is 7.25. The standard InChI is InChI=1S/C12H16ClNO/c13-10-6-4-9(5-7-10)12(15)8-14-11-2-1-3-11/h4-7,11-12,14-15H,1-3,8H2. The van der Waals surface area contributed by atoms with Gasteiger partial charge in [0.1, 0.15) is 0 Å². The Hall–Kier alpha value is -0.570. The fraction of sp³-hybridized carbons (Fsp3) is 0.500. The van der Waals surface area contributed by atoms with Crippen molar-refractivity contribution in [1.82, 2.24) is 5.32 Å². The average molecular weight is 226 g/mol. The van der Waals surface area contributed by atoms with Crippen molar-refractivity contribution in [3.63, 3.8) is 0 Å². The second-order valence-corrected chi connectivity index (χ2v) is 4.54. The predicted octanol–water partition coefficient (Wildman–Crippen LogP) is 2.52. The molecule has 1 saturated carbocycles. The van der Waals surface area contributed by atoms with E-state index in [0.717, 1.165) is 5.56 Å². The lowest BCUT2D eigenvalue weighted by atomic mass is 9.93. The largest absolute Gasteiger partial charge is 0.387 e. The first-order valence-corrected chi connectivity index (χ1v) is 5.80. The molecular weight excluding hydrogens is 210 g/mol. The van der Waals surface area contributed by atoms with E-state index < -0.39 is 6.10 Å². The average Bonchev–Trinajstić information content (AvgIpc) is 2.16. The second-order valence-electron chi connectivity index (χ2n) is 4.10. The van der Waals surface area contributed by atoms with Gasteiger partial charge in [0.2, 0.25) is 0 Å². The Morgan fingerprint density at radius 2 is 2.00 bits per heavy atom. The van der Waals surface area contributed by atoms with Gasteiger partial charge in [0.15, 0.2) is 0 Å². The molecule has 1 aromatic rings. The number of benzene rings is 1. The van der Waals surface area contributed by atoms with Gasteiger partial charge < -0.3 is 10.4 Å². The lowest BCUT2D eigenvalue weighted by Gasteiger charge is -2.27. The Bertz CT molecular complexity index is 308. The zero-order chi connectivity index (χ0) is 10.7. The molecule has 1 aromatic carbocycles. The topological polar surface area (TPSA) is 32.3 Å². The van der Waals surface area contributed by atoms with Crippen LogP contribution in [-0.2, 0) is 0 Å². The Balaban J connectivity index is 1.83. The van der Waals surface area contributed by atoms with Crippen molar-refractivity contribution in [2.45, 2.75) is 31.4 Å². The summed E-state index contributed by atoms with van der Waals surface area (Å²) in [6.45, 7) is 0.631. The zero-order valence-electron chi connectivity index (χ0n) is 8.62. The van der Waals surface area contributed by atoms with E-state index in [9.17, 15) is 5.11 Å². The maximum Gasteiger partial charge on any atom is 0.0914 e. The molecule has 0 radical (unpaired) electrons.